The van der Waals surface area contributed by atoms with Gasteiger partial charge in [0.2, 0.25) is 5.91 Å². The number of carboxylic acid groups (broad SMARTS) is 1. The summed E-state index contributed by atoms with van der Waals surface area (Å²) >= 11 is 0. The van der Waals surface area contributed by atoms with Gasteiger partial charge in [0.25, 0.3) is 0 Å². The third kappa shape index (κ3) is 5.02. The number of hydroxylamine groups is 2. The molecule has 0 spiro atoms. The molecule has 0 radical (unpaired) electrons. The molecule has 0 bridgehead atoms. The zero-order chi connectivity index (χ0) is 10.4. The van der Waals surface area contributed by atoms with E-state index < -0.39 is 12.1 Å². The number of hydrogen-bond donors (Lipinski definition) is 2. The van der Waals surface area contributed by atoms with Crippen LogP contribution in [0.3, 0.4) is 0 Å². The third-order valence-electron chi connectivity index (χ3n) is 1.48. The quantitative estimate of drug-likeness (QED) is 0.614. The van der Waals surface area contributed by atoms with Gasteiger partial charge in [0.05, 0.1) is 7.11 Å². The first kappa shape index (κ1) is 11.7. The summed E-state index contributed by atoms with van der Waals surface area (Å²) in [5.41, 5.74) is 0. The van der Waals surface area contributed by atoms with Crippen LogP contribution in [0.25, 0.3) is 0 Å². The molecular weight excluding hydrogens is 176 g/mol. The fourth-order valence-corrected chi connectivity index (χ4v) is 0.754. The smallest absolute Gasteiger partial charge is 0.404 e. The van der Waals surface area contributed by atoms with Crippen LogP contribution in [0.1, 0.15) is 13.3 Å². The number of carbonyl (C=O) groups excluding carboxylic acids is 1. The van der Waals surface area contributed by atoms with Gasteiger partial charge in [-0.05, 0) is 6.92 Å². The maximum Gasteiger partial charge on any atom is 0.404 e. The summed E-state index contributed by atoms with van der Waals surface area (Å²) in [7, 11) is 2.84. The molecule has 2 N–H and O–H groups in total. The van der Waals surface area contributed by atoms with Crippen molar-refractivity contribution < 1.29 is 19.5 Å². The van der Waals surface area contributed by atoms with Crippen molar-refractivity contribution >= 4 is 12.0 Å². The van der Waals surface area contributed by atoms with Gasteiger partial charge in [-0.15, -0.1) is 0 Å². The summed E-state index contributed by atoms with van der Waals surface area (Å²) in [5.74, 6) is -0.274. The molecule has 6 heteroatoms. The highest BCUT2D eigenvalue weighted by atomic mass is 16.7. The van der Waals surface area contributed by atoms with E-state index in [-0.39, 0.29) is 12.3 Å². The molecule has 0 saturated heterocycles. The lowest BCUT2D eigenvalue weighted by Crippen LogP contribution is -2.36. The van der Waals surface area contributed by atoms with Gasteiger partial charge < -0.3 is 10.4 Å². The highest BCUT2D eigenvalue weighted by Gasteiger charge is 2.14. The van der Waals surface area contributed by atoms with Gasteiger partial charge in [0.15, 0.2) is 0 Å². The van der Waals surface area contributed by atoms with E-state index in [9.17, 15) is 9.59 Å². The Morgan fingerprint density at radius 1 is 1.62 bits per heavy atom. The molecule has 0 rings (SSSR count). The lowest BCUT2D eigenvalue weighted by molar-refractivity contribution is -0.169. The van der Waals surface area contributed by atoms with Crippen LogP contribution in [0.2, 0.25) is 0 Å². The normalized spacial score (nSPS) is 11.9. The minimum Gasteiger partial charge on any atom is -0.465 e. The molecule has 0 aromatic rings. The van der Waals surface area contributed by atoms with Crippen LogP contribution in [-0.2, 0) is 9.63 Å². The van der Waals surface area contributed by atoms with E-state index in [1.807, 2.05) is 0 Å². The van der Waals surface area contributed by atoms with E-state index in [4.69, 9.17) is 5.11 Å². The van der Waals surface area contributed by atoms with Crippen molar-refractivity contribution in [2.24, 2.45) is 0 Å². The summed E-state index contributed by atoms with van der Waals surface area (Å²) in [4.78, 5) is 25.9. The number of amides is 2. The highest BCUT2D eigenvalue weighted by Crippen LogP contribution is 1.96. The first-order chi connectivity index (χ1) is 5.97. The molecule has 0 aliphatic rings. The van der Waals surface area contributed by atoms with E-state index in [0.29, 0.717) is 0 Å². The minimum absolute atomic E-state index is 0.0800. The van der Waals surface area contributed by atoms with Crippen LogP contribution < -0.4 is 5.32 Å². The Morgan fingerprint density at radius 2 is 2.15 bits per heavy atom. The molecule has 76 valence electrons. The molecule has 13 heavy (non-hydrogen) atoms. The van der Waals surface area contributed by atoms with Crippen molar-refractivity contribution in [3.8, 4) is 0 Å². The van der Waals surface area contributed by atoms with E-state index in [1.54, 1.807) is 6.92 Å². The molecule has 0 heterocycles. The second kappa shape index (κ2) is 5.36. The first-order valence-electron chi connectivity index (χ1n) is 3.77. The number of nitrogens with zero attached hydrogens (tertiary/aromatic N) is 1. The Bertz CT molecular complexity index is 195. The van der Waals surface area contributed by atoms with Gasteiger partial charge in [-0.2, -0.15) is 0 Å². The topological polar surface area (TPSA) is 78.9 Å². The van der Waals surface area contributed by atoms with E-state index in [2.05, 4.69) is 10.2 Å². The molecule has 0 saturated carbocycles. The van der Waals surface area contributed by atoms with Crippen LogP contribution in [0.4, 0.5) is 4.79 Å². The molecule has 6 nitrogen and oxygen atoms in total. The average molecular weight is 190 g/mol. The summed E-state index contributed by atoms with van der Waals surface area (Å²) in [6.07, 6.45) is -1.06. The number of rotatable bonds is 4. The minimum atomic E-state index is -1.14. The van der Waals surface area contributed by atoms with Crippen LogP contribution in [0.5, 0.6) is 0 Å². The summed E-state index contributed by atoms with van der Waals surface area (Å²) in [6, 6.07) is -0.414. The lowest BCUT2D eigenvalue weighted by Gasteiger charge is -2.16. The SMILES string of the molecule is CON(C)C(=O)C[C@@H](C)NC(=O)O. The Kier molecular flexibility index (Phi) is 4.83. The molecule has 0 aromatic heterocycles. The molecule has 0 aromatic carbocycles. The predicted molar refractivity (Wildman–Crippen MR) is 45.0 cm³/mol. The van der Waals surface area contributed by atoms with Gasteiger partial charge in [-0.25, -0.2) is 9.86 Å². The monoisotopic (exact) mass is 190 g/mol. The van der Waals surface area contributed by atoms with Gasteiger partial charge in [0, 0.05) is 19.5 Å². The number of carbonyl (C=O) groups is 2. The van der Waals surface area contributed by atoms with Gasteiger partial charge in [-0.3, -0.25) is 9.63 Å². The largest absolute Gasteiger partial charge is 0.465 e. The van der Waals surface area contributed by atoms with Crippen molar-refractivity contribution in [2.75, 3.05) is 14.2 Å². The van der Waals surface area contributed by atoms with E-state index >= 15 is 0 Å². The average Bonchev–Trinajstić information content (AvgIpc) is 2.01. The Balaban J connectivity index is 3.84. The molecule has 0 aliphatic carbocycles. The van der Waals surface area contributed by atoms with Crippen LogP contribution >= 0.6 is 0 Å². The zero-order valence-corrected chi connectivity index (χ0v) is 7.90. The van der Waals surface area contributed by atoms with Crippen LogP contribution in [-0.4, -0.2) is 42.4 Å². The molecule has 2 amide bonds. The van der Waals surface area contributed by atoms with Crippen molar-refractivity contribution in [1.82, 2.24) is 10.4 Å². The third-order valence-corrected chi connectivity index (χ3v) is 1.48. The van der Waals surface area contributed by atoms with Crippen LogP contribution in [0.15, 0.2) is 0 Å². The Morgan fingerprint density at radius 3 is 2.54 bits per heavy atom. The molecule has 0 unspecified atom stereocenters. The Hall–Kier alpha value is -1.30. The van der Waals surface area contributed by atoms with E-state index in [0.717, 1.165) is 5.06 Å². The van der Waals surface area contributed by atoms with E-state index in [1.165, 1.54) is 14.2 Å². The summed E-state index contributed by atoms with van der Waals surface area (Å²) in [6.45, 7) is 1.61. The zero-order valence-electron chi connectivity index (χ0n) is 7.90. The van der Waals surface area contributed by atoms with Crippen molar-refractivity contribution in [3.63, 3.8) is 0 Å². The second-order valence-electron chi connectivity index (χ2n) is 2.63. The maximum absolute atomic E-state index is 11.1. The predicted octanol–water partition coefficient (Wildman–Crippen LogP) is 0.0524. The highest BCUT2D eigenvalue weighted by molar-refractivity contribution is 5.76. The fraction of sp³-hybridized carbons (Fsp3) is 0.714. The first-order valence-corrected chi connectivity index (χ1v) is 3.77. The molecule has 1 atom stereocenters. The van der Waals surface area contributed by atoms with Gasteiger partial charge in [0.1, 0.15) is 0 Å². The maximum atomic E-state index is 11.1. The molecular formula is C7H14N2O4. The fourth-order valence-electron chi connectivity index (χ4n) is 0.754. The molecule has 0 fully saturated rings. The lowest BCUT2D eigenvalue weighted by atomic mass is 10.2. The summed E-state index contributed by atoms with van der Waals surface area (Å²) in [5, 5.41) is 11.5. The number of hydrogen-bond acceptors (Lipinski definition) is 3. The molecule has 0 aliphatic heterocycles. The van der Waals surface area contributed by atoms with Crippen molar-refractivity contribution in [2.45, 2.75) is 19.4 Å². The second-order valence-corrected chi connectivity index (χ2v) is 2.63. The Labute approximate surface area is 76.4 Å². The standard InChI is InChI=1S/C7H14N2O4/c1-5(8-7(11)12)4-6(10)9(2)13-3/h5,8H,4H2,1-3H3,(H,11,12)/t5-/m1/s1. The van der Waals surface area contributed by atoms with Crippen molar-refractivity contribution in [1.29, 1.82) is 0 Å². The summed E-state index contributed by atoms with van der Waals surface area (Å²) < 4.78 is 0. The van der Waals surface area contributed by atoms with Gasteiger partial charge >= 0.3 is 6.09 Å². The van der Waals surface area contributed by atoms with Crippen LogP contribution in [0, 0.1) is 0 Å². The van der Waals surface area contributed by atoms with Crippen molar-refractivity contribution in [3.05, 3.63) is 0 Å². The van der Waals surface area contributed by atoms with Gasteiger partial charge in [-0.1, -0.05) is 0 Å². The number of nitrogens with one attached hydrogen (secondary N) is 1.